The van der Waals surface area contributed by atoms with Gasteiger partial charge < -0.3 is 14.2 Å². The zero-order valence-electron chi connectivity index (χ0n) is 24.1. The predicted octanol–water partition coefficient (Wildman–Crippen LogP) is 6.89. The molecule has 4 aromatic rings. The Hall–Kier alpha value is -4.04. The lowest BCUT2D eigenvalue weighted by Crippen LogP contribution is -2.27. The van der Waals surface area contributed by atoms with Gasteiger partial charge in [-0.3, -0.25) is 9.88 Å². The minimum atomic E-state index is -0.620. The fourth-order valence-electron chi connectivity index (χ4n) is 4.84. The van der Waals surface area contributed by atoms with E-state index < -0.39 is 11.9 Å². The molecule has 218 valence electrons. The third-order valence-corrected chi connectivity index (χ3v) is 7.08. The lowest BCUT2D eigenvalue weighted by atomic mass is 9.92. The molecule has 0 aliphatic heterocycles. The van der Waals surface area contributed by atoms with Crippen molar-refractivity contribution in [3.05, 3.63) is 124 Å². The SMILES string of the molecule is CCOC(=O)c1c(COCCN(Cc2ccccc2)Cc2ccccc2)nc(C)c(C(=O)OC)c1-c1ccccc1Cl. The first kappa shape index (κ1) is 30.9. The fraction of sp³-hybridized carbons (Fsp3) is 0.265. The van der Waals surface area contributed by atoms with Crippen LogP contribution in [0.4, 0.5) is 0 Å². The second-order valence-corrected chi connectivity index (χ2v) is 10.1. The number of esters is 2. The molecule has 0 amide bonds. The number of nitrogens with zero attached hydrogens (tertiary/aromatic N) is 2. The minimum absolute atomic E-state index is 0.0401. The largest absolute Gasteiger partial charge is 0.465 e. The summed E-state index contributed by atoms with van der Waals surface area (Å²) in [4.78, 5) is 33.2. The van der Waals surface area contributed by atoms with Crippen LogP contribution < -0.4 is 0 Å². The van der Waals surface area contributed by atoms with Crippen molar-refractivity contribution >= 4 is 23.5 Å². The molecular formula is C34H35ClN2O5. The van der Waals surface area contributed by atoms with Crippen molar-refractivity contribution in [2.24, 2.45) is 0 Å². The number of aromatic nitrogens is 1. The average Bonchev–Trinajstić information content (AvgIpc) is 3.00. The van der Waals surface area contributed by atoms with E-state index in [1.54, 1.807) is 38.1 Å². The normalized spacial score (nSPS) is 11.0. The Bertz CT molecular complexity index is 1450. The Labute approximate surface area is 252 Å². The zero-order valence-corrected chi connectivity index (χ0v) is 24.9. The van der Waals surface area contributed by atoms with Crippen molar-refractivity contribution < 1.29 is 23.8 Å². The monoisotopic (exact) mass is 586 g/mol. The third-order valence-electron chi connectivity index (χ3n) is 6.75. The smallest absolute Gasteiger partial charge is 0.340 e. The van der Waals surface area contributed by atoms with Gasteiger partial charge in [0, 0.05) is 35.8 Å². The molecule has 0 bridgehead atoms. The van der Waals surface area contributed by atoms with Gasteiger partial charge in [0.1, 0.15) is 0 Å². The fourth-order valence-corrected chi connectivity index (χ4v) is 5.07. The van der Waals surface area contributed by atoms with E-state index in [0.29, 0.717) is 40.7 Å². The number of hydrogen-bond acceptors (Lipinski definition) is 7. The van der Waals surface area contributed by atoms with Crippen molar-refractivity contribution in [3.63, 3.8) is 0 Å². The van der Waals surface area contributed by atoms with E-state index >= 15 is 0 Å². The molecule has 3 aromatic carbocycles. The molecule has 0 unspecified atom stereocenters. The van der Waals surface area contributed by atoms with Crippen LogP contribution in [-0.2, 0) is 33.9 Å². The van der Waals surface area contributed by atoms with Crippen LogP contribution in [0.25, 0.3) is 11.1 Å². The van der Waals surface area contributed by atoms with Gasteiger partial charge in [-0.05, 0) is 31.0 Å². The first-order valence-corrected chi connectivity index (χ1v) is 14.2. The Morgan fingerprint density at radius 1 is 0.833 bits per heavy atom. The van der Waals surface area contributed by atoms with Crippen molar-refractivity contribution in [1.82, 2.24) is 9.88 Å². The minimum Gasteiger partial charge on any atom is -0.465 e. The molecule has 0 aliphatic rings. The Morgan fingerprint density at radius 2 is 1.43 bits per heavy atom. The van der Waals surface area contributed by atoms with Gasteiger partial charge >= 0.3 is 11.9 Å². The highest BCUT2D eigenvalue weighted by Gasteiger charge is 2.30. The second kappa shape index (κ2) is 15.3. The summed E-state index contributed by atoms with van der Waals surface area (Å²) in [7, 11) is 1.29. The van der Waals surface area contributed by atoms with Crippen LogP contribution >= 0.6 is 11.6 Å². The molecule has 1 aromatic heterocycles. The third kappa shape index (κ3) is 7.82. The molecule has 0 saturated heterocycles. The molecule has 1 heterocycles. The number of benzene rings is 3. The van der Waals surface area contributed by atoms with E-state index in [1.807, 2.05) is 36.4 Å². The van der Waals surface area contributed by atoms with Crippen molar-refractivity contribution in [2.45, 2.75) is 33.5 Å². The van der Waals surface area contributed by atoms with E-state index in [2.05, 4.69) is 34.1 Å². The van der Waals surface area contributed by atoms with E-state index in [0.717, 1.165) is 13.1 Å². The standard InChI is InChI=1S/C34H35ClN2O5/c1-4-42-34(39)32-29(36-24(2)30(33(38)40-3)31(32)27-17-11-12-18-28(27)35)23-41-20-19-37(21-25-13-7-5-8-14-25)22-26-15-9-6-10-16-26/h5-18H,4,19-23H2,1-3H3. The number of rotatable bonds is 13. The van der Waals surface area contributed by atoms with Gasteiger partial charge in [-0.2, -0.15) is 0 Å². The highest BCUT2D eigenvalue weighted by Crippen LogP contribution is 2.37. The molecule has 0 spiro atoms. The summed E-state index contributed by atoms with van der Waals surface area (Å²) >= 11 is 6.57. The quantitative estimate of drug-likeness (QED) is 0.125. The summed E-state index contributed by atoms with van der Waals surface area (Å²) < 4.78 is 16.6. The Kier molecular flexibility index (Phi) is 11.2. The maximum atomic E-state index is 13.4. The predicted molar refractivity (Wildman–Crippen MR) is 163 cm³/mol. The number of halogens is 1. The second-order valence-electron chi connectivity index (χ2n) is 9.70. The number of aryl methyl sites for hydroxylation is 1. The zero-order chi connectivity index (χ0) is 29.9. The highest BCUT2D eigenvalue weighted by atomic mass is 35.5. The summed E-state index contributed by atoms with van der Waals surface area (Å²) in [5, 5.41) is 0.378. The van der Waals surface area contributed by atoms with Crippen molar-refractivity contribution in [3.8, 4) is 11.1 Å². The molecule has 0 aliphatic carbocycles. The molecule has 8 heteroatoms. The lowest BCUT2D eigenvalue weighted by molar-refractivity contribution is 0.0513. The number of pyridine rings is 1. The summed E-state index contributed by atoms with van der Waals surface area (Å²) in [6, 6.07) is 27.6. The number of carbonyl (C=O) groups excluding carboxylic acids is 2. The van der Waals surface area contributed by atoms with Crippen LogP contribution in [0.3, 0.4) is 0 Å². The summed E-state index contributed by atoms with van der Waals surface area (Å²) in [5.74, 6) is -1.23. The van der Waals surface area contributed by atoms with Gasteiger partial charge in [-0.25, -0.2) is 9.59 Å². The molecule has 7 nitrogen and oxygen atoms in total. The number of methoxy groups -OCH3 is 1. The van der Waals surface area contributed by atoms with Gasteiger partial charge in [0.2, 0.25) is 0 Å². The van der Waals surface area contributed by atoms with Gasteiger partial charge in [-0.15, -0.1) is 0 Å². The molecular weight excluding hydrogens is 552 g/mol. The lowest BCUT2D eigenvalue weighted by Gasteiger charge is -2.23. The summed E-state index contributed by atoms with van der Waals surface area (Å²) in [6.07, 6.45) is 0. The molecule has 0 radical (unpaired) electrons. The van der Waals surface area contributed by atoms with Crippen LogP contribution in [0.5, 0.6) is 0 Å². The molecule has 0 N–H and O–H groups in total. The highest BCUT2D eigenvalue weighted by molar-refractivity contribution is 6.34. The topological polar surface area (TPSA) is 78.0 Å². The Morgan fingerprint density at radius 3 is 2.00 bits per heavy atom. The van der Waals surface area contributed by atoms with Crippen molar-refractivity contribution in [1.29, 1.82) is 0 Å². The van der Waals surface area contributed by atoms with Gasteiger partial charge in [0.25, 0.3) is 0 Å². The van der Waals surface area contributed by atoms with Crippen molar-refractivity contribution in [2.75, 3.05) is 26.9 Å². The van der Waals surface area contributed by atoms with E-state index in [-0.39, 0.29) is 24.3 Å². The number of carbonyl (C=O) groups is 2. The summed E-state index contributed by atoms with van der Waals surface area (Å²) in [5.41, 5.74) is 4.31. The van der Waals surface area contributed by atoms with Crippen LogP contribution in [0.2, 0.25) is 5.02 Å². The van der Waals surface area contributed by atoms with E-state index in [9.17, 15) is 9.59 Å². The maximum absolute atomic E-state index is 13.4. The first-order chi connectivity index (χ1) is 20.4. The molecule has 0 atom stereocenters. The van der Waals surface area contributed by atoms with Gasteiger partial charge in [0.15, 0.2) is 0 Å². The van der Waals surface area contributed by atoms with E-state index in [1.165, 1.54) is 18.2 Å². The van der Waals surface area contributed by atoms with E-state index in [4.69, 9.17) is 25.8 Å². The number of ether oxygens (including phenoxy) is 3. The van der Waals surface area contributed by atoms with Gasteiger partial charge in [-0.1, -0.05) is 90.5 Å². The van der Waals surface area contributed by atoms with Crippen LogP contribution in [-0.4, -0.2) is 48.7 Å². The van der Waals surface area contributed by atoms with Crippen LogP contribution in [0, 0.1) is 6.92 Å². The molecule has 42 heavy (non-hydrogen) atoms. The molecule has 0 fully saturated rings. The van der Waals surface area contributed by atoms with Crippen LogP contribution in [0.1, 0.15) is 50.2 Å². The number of hydrogen-bond donors (Lipinski definition) is 0. The first-order valence-electron chi connectivity index (χ1n) is 13.8. The summed E-state index contributed by atoms with van der Waals surface area (Å²) in [6.45, 7) is 6.17. The van der Waals surface area contributed by atoms with Crippen LogP contribution in [0.15, 0.2) is 84.9 Å². The van der Waals surface area contributed by atoms with Gasteiger partial charge in [0.05, 0.1) is 49.4 Å². The maximum Gasteiger partial charge on any atom is 0.340 e. The average molecular weight is 587 g/mol. The Balaban J connectivity index is 1.62. The molecule has 4 rings (SSSR count). The molecule has 0 saturated carbocycles.